The zero-order valence-electron chi connectivity index (χ0n) is 17.5. The van der Waals surface area contributed by atoms with E-state index >= 15 is 0 Å². The maximum atomic E-state index is 13.1. The highest BCUT2D eigenvalue weighted by molar-refractivity contribution is 6.46. The molecular weight excluding hydrogens is 446 g/mol. The molecule has 2 aromatic carbocycles. The number of carbonyl (C=O) groups is 2. The molecule has 3 heterocycles. The predicted molar refractivity (Wildman–Crippen MR) is 120 cm³/mol. The second-order valence-electron chi connectivity index (χ2n) is 7.74. The first-order valence-electron chi connectivity index (χ1n) is 10.5. The number of aliphatic hydroxyl groups is 1. The largest absolute Gasteiger partial charge is 0.507 e. The molecule has 0 saturated carbocycles. The molecule has 168 valence electrons. The van der Waals surface area contributed by atoms with Gasteiger partial charge in [0.05, 0.1) is 11.8 Å². The van der Waals surface area contributed by atoms with Gasteiger partial charge >= 0.3 is 0 Å². The van der Waals surface area contributed by atoms with Crippen LogP contribution in [0.5, 0.6) is 11.5 Å². The summed E-state index contributed by atoms with van der Waals surface area (Å²) in [6, 6.07) is 14.7. The third-order valence-corrected chi connectivity index (χ3v) is 5.97. The fourth-order valence-electron chi connectivity index (χ4n) is 4.10. The third-order valence-electron chi connectivity index (χ3n) is 5.72. The zero-order chi connectivity index (χ0) is 22.9. The van der Waals surface area contributed by atoms with E-state index in [1.54, 1.807) is 42.5 Å². The van der Waals surface area contributed by atoms with Gasteiger partial charge in [0.15, 0.2) is 11.5 Å². The second-order valence-corrected chi connectivity index (χ2v) is 8.18. The molecule has 8 heteroatoms. The summed E-state index contributed by atoms with van der Waals surface area (Å²) in [7, 11) is 0. The second kappa shape index (κ2) is 8.67. The van der Waals surface area contributed by atoms with Crippen LogP contribution in [-0.4, -0.2) is 41.5 Å². The number of nitrogens with zero attached hydrogens (tertiary/aromatic N) is 1. The van der Waals surface area contributed by atoms with Gasteiger partial charge in [-0.15, -0.1) is 0 Å². The molecule has 1 atom stereocenters. The van der Waals surface area contributed by atoms with Crippen LogP contribution in [0.4, 0.5) is 0 Å². The molecule has 1 amide bonds. The van der Waals surface area contributed by atoms with Gasteiger partial charge < -0.3 is 23.9 Å². The summed E-state index contributed by atoms with van der Waals surface area (Å²) >= 11 is 5.96. The first kappa shape index (κ1) is 21.2. The van der Waals surface area contributed by atoms with Crippen LogP contribution in [0.2, 0.25) is 5.02 Å². The summed E-state index contributed by atoms with van der Waals surface area (Å²) in [4.78, 5) is 27.5. The van der Waals surface area contributed by atoms with Crippen LogP contribution in [0.15, 0.2) is 70.9 Å². The van der Waals surface area contributed by atoms with Gasteiger partial charge in [-0.3, -0.25) is 9.59 Å². The fourth-order valence-corrected chi connectivity index (χ4v) is 4.23. The van der Waals surface area contributed by atoms with E-state index in [4.69, 9.17) is 25.5 Å². The molecule has 0 radical (unpaired) electrons. The Kier molecular flexibility index (Phi) is 5.56. The van der Waals surface area contributed by atoms with Gasteiger partial charge in [0.1, 0.15) is 30.8 Å². The van der Waals surface area contributed by atoms with Crippen molar-refractivity contribution in [1.82, 2.24) is 4.90 Å². The molecule has 2 aliphatic rings. The van der Waals surface area contributed by atoms with E-state index in [2.05, 4.69) is 0 Å². The average molecular weight is 466 g/mol. The Morgan fingerprint density at radius 3 is 2.52 bits per heavy atom. The molecule has 33 heavy (non-hydrogen) atoms. The molecule has 0 bridgehead atoms. The first-order valence-corrected chi connectivity index (χ1v) is 10.9. The van der Waals surface area contributed by atoms with Gasteiger partial charge in [-0.05, 0) is 54.4 Å². The minimum absolute atomic E-state index is 0.0252. The Morgan fingerprint density at radius 2 is 1.79 bits per heavy atom. The van der Waals surface area contributed by atoms with Gasteiger partial charge in [-0.2, -0.15) is 0 Å². The summed E-state index contributed by atoms with van der Waals surface area (Å²) in [6.07, 6.45) is 1.98. The fraction of sp³-hybridized carbons (Fsp3) is 0.200. The molecule has 1 saturated heterocycles. The Bertz CT molecular complexity index is 1230. The van der Waals surface area contributed by atoms with Crippen molar-refractivity contribution in [2.24, 2.45) is 0 Å². The Hall–Kier alpha value is -3.71. The number of amides is 1. The summed E-state index contributed by atoms with van der Waals surface area (Å²) in [6.45, 7) is 1.09. The quantitative estimate of drug-likeness (QED) is 0.342. The van der Waals surface area contributed by atoms with Crippen LogP contribution in [0, 0.1) is 0 Å². The van der Waals surface area contributed by atoms with Crippen molar-refractivity contribution in [2.45, 2.75) is 12.5 Å². The SMILES string of the molecule is O=C1C(=O)N(CCc2ccc(Cl)cc2)C(c2ccco2)/C1=C(/O)c1ccc2c(c1)OCCO2. The van der Waals surface area contributed by atoms with Crippen LogP contribution in [-0.2, 0) is 16.0 Å². The van der Waals surface area contributed by atoms with Crippen molar-refractivity contribution in [1.29, 1.82) is 0 Å². The number of likely N-dealkylation sites (tertiary alicyclic amines) is 1. The maximum Gasteiger partial charge on any atom is 0.295 e. The zero-order valence-corrected chi connectivity index (χ0v) is 18.2. The van der Waals surface area contributed by atoms with Crippen LogP contribution in [0.1, 0.15) is 22.9 Å². The maximum absolute atomic E-state index is 13.1. The molecule has 2 aliphatic heterocycles. The standard InChI is InChI=1S/C25H20ClNO6/c26-17-6-3-15(4-7-17)9-10-27-22(19-2-1-11-31-19)21(24(29)25(27)30)23(28)16-5-8-18-20(14-16)33-13-12-32-18/h1-8,11,14,22,28H,9-10,12-13H2/b23-21-. The number of hydrogen-bond acceptors (Lipinski definition) is 6. The number of ether oxygens (including phenoxy) is 2. The first-order chi connectivity index (χ1) is 16.0. The van der Waals surface area contributed by atoms with Gasteiger partial charge in [-0.25, -0.2) is 0 Å². The molecule has 0 spiro atoms. The smallest absolute Gasteiger partial charge is 0.295 e. The number of furan rings is 1. The number of rotatable bonds is 5. The highest BCUT2D eigenvalue weighted by Gasteiger charge is 2.47. The van der Waals surface area contributed by atoms with E-state index in [1.165, 1.54) is 11.2 Å². The molecule has 3 aromatic rings. The molecule has 7 nitrogen and oxygen atoms in total. The number of aliphatic hydroxyl groups excluding tert-OH is 1. The van der Waals surface area contributed by atoms with Crippen LogP contribution in [0.3, 0.4) is 0 Å². The van der Waals surface area contributed by atoms with Crippen molar-refractivity contribution in [2.75, 3.05) is 19.8 Å². The number of halogens is 1. The molecule has 1 aromatic heterocycles. The van der Waals surface area contributed by atoms with Gasteiger partial charge in [0.25, 0.3) is 11.7 Å². The molecule has 5 rings (SSSR count). The monoisotopic (exact) mass is 465 g/mol. The molecular formula is C25H20ClNO6. The Balaban J connectivity index is 1.52. The lowest BCUT2D eigenvalue weighted by Gasteiger charge is -2.23. The van der Waals surface area contributed by atoms with Crippen molar-refractivity contribution < 1.29 is 28.6 Å². The lowest BCUT2D eigenvalue weighted by atomic mass is 9.99. The Labute approximate surface area is 194 Å². The number of hydrogen-bond donors (Lipinski definition) is 1. The van der Waals surface area contributed by atoms with E-state index in [9.17, 15) is 14.7 Å². The lowest BCUT2D eigenvalue weighted by Crippen LogP contribution is -2.31. The minimum atomic E-state index is -0.847. The molecule has 0 aliphatic carbocycles. The molecule has 1 N–H and O–H groups in total. The van der Waals surface area contributed by atoms with Crippen LogP contribution >= 0.6 is 11.6 Å². The topological polar surface area (TPSA) is 89.2 Å². The summed E-state index contributed by atoms with van der Waals surface area (Å²) in [5.74, 6) is -0.324. The van der Waals surface area contributed by atoms with Crippen molar-refractivity contribution >= 4 is 29.1 Å². The number of fused-ring (bicyclic) bond motifs is 1. The minimum Gasteiger partial charge on any atom is -0.507 e. The van der Waals surface area contributed by atoms with E-state index in [1.807, 2.05) is 12.1 Å². The average Bonchev–Trinajstić information content (AvgIpc) is 3.45. The summed E-state index contributed by atoms with van der Waals surface area (Å²) in [5, 5.41) is 11.8. The van der Waals surface area contributed by atoms with E-state index in [0.29, 0.717) is 47.5 Å². The molecule has 1 fully saturated rings. The predicted octanol–water partition coefficient (Wildman–Crippen LogP) is 4.37. The number of ketones is 1. The molecule has 1 unspecified atom stereocenters. The number of carbonyl (C=O) groups excluding carboxylic acids is 2. The van der Waals surface area contributed by atoms with Crippen molar-refractivity contribution in [3.8, 4) is 11.5 Å². The summed E-state index contributed by atoms with van der Waals surface area (Å²) < 4.78 is 16.7. The highest BCUT2D eigenvalue weighted by atomic mass is 35.5. The number of benzene rings is 2. The van der Waals surface area contributed by atoms with Gasteiger partial charge in [0.2, 0.25) is 0 Å². The number of Topliss-reactive ketones (excluding diaryl/α,β-unsaturated/α-hetero) is 1. The lowest BCUT2D eigenvalue weighted by molar-refractivity contribution is -0.140. The Morgan fingerprint density at radius 1 is 1.03 bits per heavy atom. The van der Waals surface area contributed by atoms with Gasteiger partial charge in [-0.1, -0.05) is 23.7 Å². The van der Waals surface area contributed by atoms with Crippen molar-refractivity contribution in [3.05, 3.63) is 88.3 Å². The van der Waals surface area contributed by atoms with E-state index in [-0.39, 0.29) is 17.9 Å². The van der Waals surface area contributed by atoms with E-state index in [0.717, 1.165) is 5.56 Å². The summed E-state index contributed by atoms with van der Waals surface area (Å²) in [5.41, 5.74) is 1.29. The van der Waals surface area contributed by atoms with E-state index < -0.39 is 17.7 Å². The highest BCUT2D eigenvalue weighted by Crippen LogP contribution is 2.41. The normalized spacial score (nSPS) is 19.2. The van der Waals surface area contributed by atoms with Crippen molar-refractivity contribution in [3.63, 3.8) is 0 Å². The van der Waals surface area contributed by atoms with Crippen LogP contribution < -0.4 is 9.47 Å². The van der Waals surface area contributed by atoms with Gasteiger partial charge in [0, 0.05) is 17.1 Å². The third kappa shape index (κ3) is 3.96. The van der Waals surface area contributed by atoms with Crippen LogP contribution in [0.25, 0.3) is 5.76 Å².